The number of benzene rings is 2. The molecule has 3 rings (SSSR count). The van der Waals surface area contributed by atoms with Gasteiger partial charge in [-0.05, 0) is 49.7 Å². The third-order valence-electron chi connectivity index (χ3n) is 4.50. The fraction of sp³-hybridized carbons (Fsp3) is 0.227. The molecule has 2 aromatic carbocycles. The topological polar surface area (TPSA) is 55.2 Å². The molecular formula is C22H22FN3O2. The minimum Gasteiger partial charge on any atom is -0.311 e. The maximum atomic E-state index is 13.3. The van der Waals surface area contributed by atoms with Gasteiger partial charge in [0, 0.05) is 29.6 Å². The number of carbonyl (C=O) groups is 1. The Kier molecular flexibility index (Phi) is 5.99. The summed E-state index contributed by atoms with van der Waals surface area (Å²) in [6, 6.07) is 16.5. The van der Waals surface area contributed by atoms with Crippen molar-refractivity contribution in [2.45, 2.75) is 26.8 Å². The van der Waals surface area contributed by atoms with Crippen LogP contribution in [0, 0.1) is 5.82 Å². The first-order valence-corrected chi connectivity index (χ1v) is 9.25. The third-order valence-corrected chi connectivity index (χ3v) is 4.50. The molecule has 0 aliphatic carbocycles. The third kappa shape index (κ3) is 4.17. The van der Waals surface area contributed by atoms with Crippen molar-refractivity contribution in [3.63, 3.8) is 0 Å². The highest BCUT2D eigenvalue weighted by molar-refractivity contribution is 5.93. The lowest BCUT2D eigenvalue weighted by Crippen LogP contribution is -2.37. The minimum absolute atomic E-state index is 0.148. The molecule has 28 heavy (non-hydrogen) atoms. The maximum Gasteiger partial charge on any atom is 0.254 e. The highest BCUT2D eigenvalue weighted by atomic mass is 19.1. The number of aromatic nitrogens is 2. The fourth-order valence-electron chi connectivity index (χ4n) is 3.04. The van der Waals surface area contributed by atoms with E-state index in [0.29, 0.717) is 30.0 Å². The molecule has 0 radical (unpaired) electrons. The molecule has 0 aliphatic rings. The van der Waals surface area contributed by atoms with Crippen LogP contribution in [0.15, 0.2) is 65.5 Å². The minimum atomic E-state index is -0.374. The van der Waals surface area contributed by atoms with E-state index in [0.717, 1.165) is 5.69 Å². The number of hydrogen-bond acceptors (Lipinski definition) is 3. The Bertz CT molecular complexity index is 1010. The molecule has 144 valence electrons. The van der Waals surface area contributed by atoms with Crippen LogP contribution < -0.4 is 10.5 Å². The van der Waals surface area contributed by atoms with E-state index in [4.69, 9.17) is 0 Å². The van der Waals surface area contributed by atoms with E-state index in [1.165, 1.54) is 22.8 Å². The quantitative estimate of drug-likeness (QED) is 0.657. The molecule has 5 nitrogen and oxygen atoms in total. The average Bonchev–Trinajstić information content (AvgIpc) is 2.71. The summed E-state index contributed by atoms with van der Waals surface area (Å²) in [4.78, 5) is 31.8. The van der Waals surface area contributed by atoms with Crippen LogP contribution in [0.1, 0.15) is 19.5 Å². The highest BCUT2D eigenvalue weighted by Crippen LogP contribution is 2.19. The molecule has 0 saturated carbocycles. The zero-order valence-corrected chi connectivity index (χ0v) is 15.9. The number of amides is 1. The number of rotatable bonds is 6. The number of halogens is 1. The van der Waals surface area contributed by atoms with E-state index >= 15 is 0 Å². The molecule has 0 spiro atoms. The SMILES string of the molecule is CCc1cc(=O)n(CC(=O)N(CC)c2ccccc2)c(-c2ccc(F)cc2)n1. The van der Waals surface area contributed by atoms with Crippen molar-refractivity contribution in [2.24, 2.45) is 0 Å². The van der Waals surface area contributed by atoms with Gasteiger partial charge in [0.2, 0.25) is 5.91 Å². The van der Waals surface area contributed by atoms with Crippen molar-refractivity contribution in [2.75, 3.05) is 11.4 Å². The molecule has 0 unspecified atom stereocenters. The second-order valence-corrected chi connectivity index (χ2v) is 6.33. The van der Waals surface area contributed by atoms with Gasteiger partial charge in [-0.2, -0.15) is 0 Å². The van der Waals surface area contributed by atoms with Crippen molar-refractivity contribution in [3.05, 3.63) is 82.5 Å². The second-order valence-electron chi connectivity index (χ2n) is 6.33. The van der Waals surface area contributed by atoms with Gasteiger partial charge in [-0.15, -0.1) is 0 Å². The van der Waals surface area contributed by atoms with E-state index in [9.17, 15) is 14.0 Å². The van der Waals surface area contributed by atoms with Gasteiger partial charge in [0.25, 0.3) is 5.56 Å². The normalized spacial score (nSPS) is 10.7. The molecule has 3 aromatic rings. The van der Waals surface area contributed by atoms with Gasteiger partial charge in [0.1, 0.15) is 18.2 Å². The van der Waals surface area contributed by atoms with Crippen molar-refractivity contribution >= 4 is 11.6 Å². The Balaban J connectivity index is 2.02. The lowest BCUT2D eigenvalue weighted by Gasteiger charge is -2.22. The van der Waals surface area contributed by atoms with Crippen LogP contribution in [0.25, 0.3) is 11.4 Å². The summed E-state index contributed by atoms with van der Waals surface area (Å²) in [6.45, 7) is 4.11. The van der Waals surface area contributed by atoms with E-state index in [-0.39, 0.29) is 23.8 Å². The molecule has 0 saturated heterocycles. The largest absolute Gasteiger partial charge is 0.311 e. The zero-order chi connectivity index (χ0) is 20.1. The number of likely N-dealkylation sites (N-methyl/N-ethyl adjacent to an activating group) is 1. The molecule has 0 aliphatic heterocycles. The number of para-hydroxylation sites is 1. The van der Waals surface area contributed by atoms with Crippen molar-refractivity contribution in [1.29, 1.82) is 0 Å². The molecule has 0 fully saturated rings. The van der Waals surface area contributed by atoms with Crippen LogP contribution in [-0.4, -0.2) is 22.0 Å². The Morgan fingerprint density at radius 1 is 1.07 bits per heavy atom. The first-order valence-electron chi connectivity index (χ1n) is 9.25. The Labute approximate surface area is 163 Å². The van der Waals surface area contributed by atoms with E-state index in [2.05, 4.69) is 4.98 Å². The molecule has 0 N–H and O–H groups in total. The summed E-state index contributed by atoms with van der Waals surface area (Å²) in [5, 5.41) is 0. The number of aryl methyl sites for hydroxylation is 1. The van der Waals surface area contributed by atoms with Crippen molar-refractivity contribution in [1.82, 2.24) is 9.55 Å². The first kappa shape index (κ1) is 19.5. The van der Waals surface area contributed by atoms with Gasteiger partial charge < -0.3 is 4.90 Å². The fourth-order valence-corrected chi connectivity index (χ4v) is 3.04. The Morgan fingerprint density at radius 2 is 1.75 bits per heavy atom. The van der Waals surface area contributed by atoms with Crippen LogP contribution in [0.5, 0.6) is 0 Å². The van der Waals surface area contributed by atoms with Crippen LogP contribution in [-0.2, 0) is 17.8 Å². The second kappa shape index (κ2) is 8.61. The molecule has 1 amide bonds. The Morgan fingerprint density at radius 3 is 2.36 bits per heavy atom. The highest BCUT2D eigenvalue weighted by Gasteiger charge is 2.18. The molecule has 1 aromatic heterocycles. The Hall–Kier alpha value is -3.28. The van der Waals surface area contributed by atoms with Gasteiger partial charge in [-0.3, -0.25) is 14.2 Å². The lowest BCUT2D eigenvalue weighted by molar-refractivity contribution is -0.119. The van der Waals surface area contributed by atoms with Gasteiger partial charge in [-0.25, -0.2) is 9.37 Å². The zero-order valence-electron chi connectivity index (χ0n) is 15.9. The maximum absolute atomic E-state index is 13.3. The van der Waals surface area contributed by atoms with Crippen LogP contribution in [0.4, 0.5) is 10.1 Å². The van der Waals surface area contributed by atoms with E-state index in [1.54, 1.807) is 17.0 Å². The molecule has 6 heteroatoms. The number of carbonyl (C=O) groups excluding carboxylic acids is 1. The average molecular weight is 379 g/mol. The van der Waals surface area contributed by atoms with Crippen LogP contribution >= 0.6 is 0 Å². The summed E-state index contributed by atoms with van der Waals surface area (Å²) < 4.78 is 14.7. The molecular weight excluding hydrogens is 357 g/mol. The predicted molar refractivity (Wildman–Crippen MR) is 108 cm³/mol. The van der Waals surface area contributed by atoms with Gasteiger partial charge in [0.05, 0.1) is 0 Å². The first-order chi connectivity index (χ1) is 13.5. The smallest absolute Gasteiger partial charge is 0.254 e. The standard InChI is InChI=1S/C22H22FN3O2/c1-3-18-14-20(27)26(22(24-18)16-10-12-17(23)13-11-16)15-21(28)25(4-2)19-8-6-5-7-9-19/h5-14H,3-4,15H2,1-2H3. The molecule has 0 bridgehead atoms. The summed E-state index contributed by atoms with van der Waals surface area (Å²) in [6.07, 6.45) is 0.587. The number of hydrogen-bond donors (Lipinski definition) is 0. The van der Waals surface area contributed by atoms with Crippen molar-refractivity contribution < 1.29 is 9.18 Å². The summed E-state index contributed by atoms with van der Waals surface area (Å²) >= 11 is 0. The predicted octanol–water partition coefficient (Wildman–Crippen LogP) is 3.66. The lowest BCUT2D eigenvalue weighted by atomic mass is 10.2. The molecule has 1 heterocycles. The van der Waals surface area contributed by atoms with Gasteiger partial charge >= 0.3 is 0 Å². The summed E-state index contributed by atoms with van der Waals surface area (Å²) in [7, 11) is 0. The van der Waals surface area contributed by atoms with Gasteiger partial charge in [-0.1, -0.05) is 25.1 Å². The van der Waals surface area contributed by atoms with E-state index < -0.39 is 0 Å². The number of anilines is 1. The number of nitrogens with zero attached hydrogens (tertiary/aromatic N) is 3. The monoisotopic (exact) mass is 379 g/mol. The summed E-state index contributed by atoms with van der Waals surface area (Å²) in [5.74, 6) is -0.228. The van der Waals surface area contributed by atoms with Gasteiger partial charge in [0.15, 0.2) is 0 Å². The van der Waals surface area contributed by atoms with Crippen molar-refractivity contribution in [3.8, 4) is 11.4 Å². The van der Waals surface area contributed by atoms with Crippen LogP contribution in [0.3, 0.4) is 0 Å². The summed E-state index contributed by atoms with van der Waals surface area (Å²) in [5.41, 5.74) is 1.68. The van der Waals surface area contributed by atoms with Crippen LogP contribution in [0.2, 0.25) is 0 Å². The van der Waals surface area contributed by atoms with E-state index in [1.807, 2.05) is 44.2 Å². The molecule has 0 atom stereocenters.